The van der Waals surface area contributed by atoms with Crippen LogP contribution in [-0.4, -0.2) is 19.0 Å². The Morgan fingerprint density at radius 3 is 2.42 bits per heavy atom. The fourth-order valence-electron chi connectivity index (χ4n) is 2.29. The third-order valence-corrected chi connectivity index (χ3v) is 3.60. The number of carbonyl (C=O) groups excluding carboxylic acids is 2. The molecule has 1 N–H and O–H groups in total. The molecule has 0 aliphatic rings. The topological polar surface area (TPSA) is 55.4 Å². The van der Waals surface area contributed by atoms with Crippen LogP contribution in [0, 0.1) is 11.6 Å². The molecule has 6 heteroatoms. The number of hydrogen-bond acceptors (Lipinski definition) is 3. The summed E-state index contributed by atoms with van der Waals surface area (Å²) in [7, 11) is 1.09. The van der Waals surface area contributed by atoms with Gasteiger partial charge in [0.1, 0.15) is 11.6 Å². The van der Waals surface area contributed by atoms with E-state index in [1.54, 1.807) is 0 Å². The van der Waals surface area contributed by atoms with Gasteiger partial charge in [-0.3, -0.25) is 4.79 Å². The maximum absolute atomic E-state index is 13.8. The summed E-state index contributed by atoms with van der Waals surface area (Å²) in [5.41, 5.74) is 0.273. The number of amides is 1. The van der Waals surface area contributed by atoms with Gasteiger partial charge in [0, 0.05) is 12.5 Å². The van der Waals surface area contributed by atoms with E-state index in [1.165, 1.54) is 0 Å². The van der Waals surface area contributed by atoms with Crippen LogP contribution in [0.5, 0.6) is 0 Å². The molecule has 2 aromatic rings. The van der Waals surface area contributed by atoms with Crippen LogP contribution in [-0.2, 0) is 9.53 Å². The maximum Gasteiger partial charge on any atom is 0.340 e. The Morgan fingerprint density at radius 2 is 1.79 bits per heavy atom. The zero-order chi connectivity index (χ0) is 17.7. The number of nitrogens with one attached hydrogen (secondary N) is 1. The lowest BCUT2D eigenvalue weighted by Gasteiger charge is -2.13. The smallest absolute Gasteiger partial charge is 0.340 e. The fraction of sp³-hybridized carbons (Fsp3) is 0.222. The van der Waals surface area contributed by atoms with Crippen molar-refractivity contribution < 1.29 is 23.1 Å². The van der Waals surface area contributed by atoms with Gasteiger partial charge in [-0.25, -0.2) is 13.6 Å². The number of esters is 1. The first-order chi connectivity index (χ1) is 11.4. The van der Waals surface area contributed by atoms with Gasteiger partial charge in [-0.1, -0.05) is 37.3 Å². The molecule has 0 bridgehead atoms. The summed E-state index contributed by atoms with van der Waals surface area (Å²) in [5.74, 6) is -3.46. The molecule has 1 amide bonds. The monoisotopic (exact) mass is 333 g/mol. The van der Waals surface area contributed by atoms with Gasteiger partial charge in [0.2, 0.25) is 5.91 Å². The van der Waals surface area contributed by atoms with Crippen molar-refractivity contribution in [1.82, 2.24) is 0 Å². The van der Waals surface area contributed by atoms with Crippen LogP contribution in [0.2, 0.25) is 0 Å². The second kappa shape index (κ2) is 7.68. The molecule has 0 aliphatic carbocycles. The molecule has 0 aromatic heterocycles. The van der Waals surface area contributed by atoms with Gasteiger partial charge in [-0.15, -0.1) is 0 Å². The molecule has 126 valence electrons. The molecule has 2 aromatic carbocycles. The van der Waals surface area contributed by atoms with Gasteiger partial charge in [0.25, 0.3) is 0 Å². The molecule has 0 radical (unpaired) electrons. The number of hydrogen-bond donors (Lipinski definition) is 1. The van der Waals surface area contributed by atoms with Crippen molar-refractivity contribution in [2.24, 2.45) is 0 Å². The van der Waals surface area contributed by atoms with E-state index in [4.69, 9.17) is 0 Å². The highest BCUT2D eigenvalue weighted by molar-refractivity contribution is 5.95. The minimum absolute atomic E-state index is 0.0743. The highest BCUT2D eigenvalue weighted by Crippen LogP contribution is 2.23. The van der Waals surface area contributed by atoms with Crippen LogP contribution in [0.25, 0.3) is 0 Å². The zero-order valence-electron chi connectivity index (χ0n) is 13.3. The number of benzene rings is 2. The van der Waals surface area contributed by atoms with Gasteiger partial charge in [0.05, 0.1) is 18.4 Å². The molecule has 0 aliphatic heterocycles. The van der Waals surface area contributed by atoms with Crippen LogP contribution >= 0.6 is 0 Å². The highest BCUT2D eigenvalue weighted by Gasteiger charge is 2.18. The van der Waals surface area contributed by atoms with E-state index < -0.39 is 29.1 Å². The number of methoxy groups -OCH3 is 1. The second-order valence-corrected chi connectivity index (χ2v) is 5.37. The molecule has 0 unspecified atom stereocenters. The molecule has 0 saturated carbocycles. The van der Waals surface area contributed by atoms with Crippen molar-refractivity contribution in [1.29, 1.82) is 0 Å². The summed E-state index contributed by atoms with van der Waals surface area (Å²) in [6, 6.07) is 10.9. The number of rotatable bonds is 5. The van der Waals surface area contributed by atoms with Crippen molar-refractivity contribution in [3.8, 4) is 0 Å². The van der Waals surface area contributed by atoms with E-state index in [0.717, 1.165) is 18.7 Å². The van der Waals surface area contributed by atoms with E-state index in [2.05, 4.69) is 10.1 Å². The lowest BCUT2D eigenvalue weighted by molar-refractivity contribution is -0.116. The lowest BCUT2D eigenvalue weighted by atomic mass is 9.97. The molecule has 2 rings (SSSR count). The normalized spacial score (nSPS) is 11.7. The van der Waals surface area contributed by atoms with Crippen molar-refractivity contribution in [2.45, 2.75) is 19.3 Å². The summed E-state index contributed by atoms with van der Waals surface area (Å²) in [5, 5.41) is 2.37. The van der Waals surface area contributed by atoms with Crippen molar-refractivity contribution in [2.75, 3.05) is 12.4 Å². The van der Waals surface area contributed by atoms with E-state index >= 15 is 0 Å². The van der Waals surface area contributed by atoms with Crippen molar-refractivity contribution in [3.63, 3.8) is 0 Å². The summed E-state index contributed by atoms with van der Waals surface area (Å²) >= 11 is 0. The number of ether oxygens (including phenoxy) is 1. The first-order valence-electron chi connectivity index (χ1n) is 7.34. The summed E-state index contributed by atoms with van der Waals surface area (Å²) in [6.45, 7) is 1.87. The van der Waals surface area contributed by atoms with Gasteiger partial charge in [-0.2, -0.15) is 0 Å². The first-order valence-corrected chi connectivity index (χ1v) is 7.34. The molecule has 0 heterocycles. The molecular formula is C18H17F2NO3. The van der Waals surface area contributed by atoms with E-state index in [9.17, 15) is 18.4 Å². The Labute approximate surface area is 138 Å². The summed E-state index contributed by atoms with van der Waals surface area (Å²) < 4.78 is 31.8. The Hall–Kier alpha value is -2.76. The second-order valence-electron chi connectivity index (χ2n) is 5.37. The number of anilines is 1. The van der Waals surface area contributed by atoms with Crippen LogP contribution in [0.1, 0.15) is 35.2 Å². The van der Waals surface area contributed by atoms with Crippen LogP contribution in [0.3, 0.4) is 0 Å². The average molecular weight is 333 g/mol. The summed E-state index contributed by atoms with van der Waals surface area (Å²) in [6.07, 6.45) is 0.119. The minimum Gasteiger partial charge on any atom is -0.465 e. The Morgan fingerprint density at radius 1 is 1.12 bits per heavy atom. The molecule has 0 saturated heterocycles. The van der Waals surface area contributed by atoms with Gasteiger partial charge in [-0.05, 0) is 17.5 Å². The highest BCUT2D eigenvalue weighted by atomic mass is 19.1. The van der Waals surface area contributed by atoms with E-state index in [-0.39, 0.29) is 18.0 Å². The standard InChI is InChI=1S/C18H17F2NO3/c1-11(12-6-4-3-5-7-12)8-17(22)21-16-9-13(18(23)24-2)14(19)10-15(16)20/h3-7,9-11H,8H2,1-2H3,(H,21,22)/t11-/m0/s1. The summed E-state index contributed by atoms with van der Waals surface area (Å²) in [4.78, 5) is 23.5. The minimum atomic E-state index is -1.05. The molecular weight excluding hydrogens is 316 g/mol. The van der Waals surface area contributed by atoms with Gasteiger partial charge in [0.15, 0.2) is 0 Å². The molecule has 4 nitrogen and oxygen atoms in total. The largest absolute Gasteiger partial charge is 0.465 e. The third kappa shape index (κ3) is 4.16. The SMILES string of the molecule is COC(=O)c1cc(NC(=O)C[C@H](C)c2ccccc2)c(F)cc1F. The van der Waals surface area contributed by atoms with Gasteiger partial charge >= 0.3 is 5.97 Å². The van der Waals surface area contributed by atoms with E-state index in [0.29, 0.717) is 6.07 Å². The average Bonchev–Trinajstić information content (AvgIpc) is 2.57. The molecule has 0 spiro atoms. The van der Waals surface area contributed by atoms with Crippen LogP contribution in [0.4, 0.5) is 14.5 Å². The lowest BCUT2D eigenvalue weighted by Crippen LogP contribution is -2.16. The number of carbonyl (C=O) groups is 2. The van der Waals surface area contributed by atoms with Crippen LogP contribution in [0.15, 0.2) is 42.5 Å². The fourth-order valence-corrected chi connectivity index (χ4v) is 2.29. The Balaban J connectivity index is 2.12. The number of halogens is 2. The van der Waals surface area contributed by atoms with E-state index in [1.807, 2.05) is 37.3 Å². The maximum atomic E-state index is 13.8. The quantitative estimate of drug-likeness (QED) is 0.845. The van der Waals surface area contributed by atoms with Crippen molar-refractivity contribution in [3.05, 3.63) is 65.2 Å². The molecule has 0 fully saturated rings. The van der Waals surface area contributed by atoms with Crippen LogP contribution < -0.4 is 5.32 Å². The van der Waals surface area contributed by atoms with Crippen molar-refractivity contribution >= 4 is 17.6 Å². The predicted octanol–water partition coefficient (Wildman–Crippen LogP) is 3.88. The third-order valence-electron chi connectivity index (χ3n) is 3.60. The predicted molar refractivity (Wildman–Crippen MR) is 85.8 cm³/mol. The zero-order valence-corrected chi connectivity index (χ0v) is 13.3. The Bertz CT molecular complexity index is 747. The van der Waals surface area contributed by atoms with Gasteiger partial charge < -0.3 is 10.1 Å². The molecule has 1 atom stereocenters. The first kappa shape index (κ1) is 17.6. The molecule has 24 heavy (non-hydrogen) atoms. The Kier molecular flexibility index (Phi) is 5.63.